The van der Waals surface area contributed by atoms with Gasteiger partial charge in [0.25, 0.3) is 0 Å². The van der Waals surface area contributed by atoms with E-state index in [9.17, 15) is 14.0 Å². The molecular formula is C18H20FN3O3. The van der Waals surface area contributed by atoms with Crippen molar-refractivity contribution in [3.05, 3.63) is 42.3 Å². The van der Waals surface area contributed by atoms with Crippen molar-refractivity contribution in [2.75, 3.05) is 12.4 Å². The van der Waals surface area contributed by atoms with E-state index in [0.717, 1.165) is 0 Å². The van der Waals surface area contributed by atoms with Crippen LogP contribution in [0.5, 0.6) is 0 Å². The second-order valence-corrected chi connectivity index (χ2v) is 6.17. The van der Waals surface area contributed by atoms with Crippen LogP contribution in [0.3, 0.4) is 0 Å². The number of benzene rings is 1. The summed E-state index contributed by atoms with van der Waals surface area (Å²) >= 11 is 0. The average molecular weight is 345 g/mol. The van der Waals surface area contributed by atoms with Crippen LogP contribution in [0, 0.1) is 17.7 Å². The highest BCUT2D eigenvalue weighted by Gasteiger charge is 2.30. The Morgan fingerprint density at radius 2 is 1.92 bits per heavy atom. The van der Waals surface area contributed by atoms with Crippen molar-refractivity contribution in [3.8, 4) is 5.69 Å². The van der Waals surface area contributed by atoms with Gasteiger partial charge < -0.3 is 10.1 Å². The number of amides is 1. The number of halogens is 1. The number of anilines is 1. The molecule has 0 bridgehead atoms. The van der Waals surface area contributed by atoms with Gasteiger partial charge in [-0.15, -0.1) is 0 Å². The van der Waals surface area contributed by atoms with Crippen LogP contribution in [-0.4, -0.2) is 28.8 Å². The molecule has 1 fully saturated rings. The van der Waals surface area contributed by atoms with Gasteiger partial charge in [-0.3, -0.25) is 9.59 Å². The predicted octanol–water partition coefficient (Wildman–Crippen LogP) is 2.93. The summed E-state index contributed by atoms with van der Waals surface area (Å²) in [6, 6.07) is 7.68. The summed E-state index contributed by atoms with van der Waals surface area (Å²) in [4.78, 5) is 24.1. The second-order valence-electron chi connectivity index (χ2n) is 6.17. The van der Waals surface area contributed by atoms with Gasteiger partial charge in [0.05, 0.1) is 24.9 Å². The van der Waals surface area contributed by atoms with Gasteiger partial charge in [-0.05, 0) is 43.9 Å². The fourth-order valence-corrected chi connectivity index (χ4v) is 3.20. The largest absolute Gasteiger partial charge is 0.469 e. The van der Waals surface area contributed by atoms with E-state index < -0.39 is 0 Å². The zero-order chi connectivity index (χ0) is 17.8. The van der Waals surface area contributed by atoms with Crippen LogP contribution in [0.4, 0.5) is 10.2 Å². The number of nitrogens with one attached hydrogen (secondary N) is 1. The van der Waals surface area contributed by atoms with Crippen LogP contribution in [0.15, 0.2) is 36.5 Å². The lowest BCUT2D eigenvalue weighted by Gasteiger charge is -2.26. The highest BCUT2D eigenvalue weighted by Crippen LogP contribution is 2.30. The van der Waals surface area contributed by atoms with Crippen molar-refractivity contribution in [1.82, 2.24) is 9.78 Å². The third-order valence-corrected chi connectivity index (χ3v) is 4.58. The highest BCUT2D eigenvalue weighted by atomic mass is 19.1. The Bertz CT molecular complexity index is 766. The van der Waals surface area contributed by atoms with Gasteiger partial charge in [0, 0.05) is 12.0 Å². The zero-order valence-corrected chi connectivity index (χ0v) is 13.9. The van der Waals surface area contributed by atoms with Gasteiger partial charge in [0.1, 0.15) is 11.6 Å². The molecule has 1 aromatic carbocycles. The Kier molecular flexibility index (Phi) is 5.11. The summed E-state index contributed by atoms with van der Waals surface area (Å²) in [5.41, 5.74) is 0.537. The minimum Gasteiger partial charge on any atom is -0.469 e. The average Bonchev–Trinajstić information content (AvgIpc) is 3.09. The van der Waals surface area contributed by atoms with Gasteiger partial charge >= 0.3 is 5.97 Å². The Balaban J connectivity index is 1.65. The maximum atomic E-state index is 13.4. The molecule has 0 radical (unpaired) electrons. The first-order chi connectivity index (χ1) is 12.1. The molecule has 6 nitrogen and oxygen atoms in total. The van der Waals surface area contributed by atoms with Crippen molar-refractivity contribution in [2.24, 2.45) is 11.8 Å². The van der Waals surface area contributed by atoms with Gasteiger partial charge in [-0.1, -0.05) is 6.07 Å². The van der Waals surface area contributed by atoms with Crippen molar-refractivity contribution in [1.29, 1.82) is 0 Å². The summed E-state index contributed by atoms with van der Waals surface area (Å²) in [6.45, 7) is 0. The SMILES string of the molecule is COC(=O)C1CCC(C(=O)Nc2ccnn2-c2cccc(F)c2)CC1. The maximum absolute atomic E-state index is 13.4. The van der Waals surface area contributed by atoms with E-state index in [1.807, 2.05) is 0 Å². The van der Waals surface area contributed by atoms with E-state index in [4.69, 9.17) is 4.74 Å². The predicted molar refractivity (Wildman–Crippen MR) is 89.6 cm³/mol. The fraction of sp³-hybridized carbons (Fsp3) is 0.389. The molecule has 1 saturated carbocycles. The summed E-state index contributed by atoms with van der Waals surface area (Å²) in [7, 11) is 1.38. The van der Waals surface area contributed by atoms with Gasteiger partial charge in [0.15, 0.2) is 0 Å². The Labute approximate surface area is 145 Å². The molecule has 25 heavy (non-hydrogen) atoms. The lowest BCUT2D eigenvalue weighted by atomic mass is 9.81. The number of ether oxygens (including phenoxy) is 1. The van der Waals surface area contributed by atoms with Crippen LogP contribution in [0.1, 0.15) is 25.7 Å². The molecule has 1 N–H and O–H groups in total. The standard InChI is InChI=1S/C18H20FN3O3/c1-25-18(24)13-7-5-12(6-8-13)17(23)21-16-9-10-20-22(16)15-4-2-3-14(19)11-15/h2-4,9-13H,5-8H2,1H3,(H,21,23). The minimum atomic E-state index is -0.369. The highest BCUT2D eigenvalue weighted by molar-refractivity contribution is 5.92. The number of hydrogen-bond acceptors (Lipinski definition) is 4. The van der Waals surface area contributed by atoms with Crippen LogP contribution < -0.4 is 5.32 Å². The fourth-order valence-electron chi connectivity index (χ4n) is 3.20. The van der Waals surface area contributed by atoms with Crippen LogP contribution >= 0.6 is 0 Å². The molecule has 3 rings (SSSR count). The second kappa shape index (κ2) is 7.46. The number of hydrogen-bond donors (Lipinski definition) is 1. The molecule has 0 saturated heterocycles. The third kappa shape index (κ3) is 3.87. The molecule has 0 spiro atoms. The molecular weight excluding hydrogens is 325 g/mol. The Morgan fingerprint density at radius 3 is 2.60 bits per heavy atom. The van der Waals surface area contributed by atoms with Gasteiger partial charge in [-0.25, -0.2) is 9.07 Å². The molecule has 1 heterocycles. The van der Waals surface area contributed by atoms with Crippen LogP contribution in [0.25, 0.3) is 5.69 Å². The number of nitrogens with zero attached hydrogens (tertiary/aromatic N) is 2. The van der Waals surface area contributed by atoms with Crippen molar-refractivity contribution in [2.45, 2.75) is 25.7 Å². The normalized spacial score (nSPS) is 20.1. The first kappa shape index (κ1) is 17.1. The molecule has 1 aromatic heterocycles. The third-order valence-electron chi connectivity index (χ3n) is 4.58. The van der Waals surface area contributed by atoms with E-state index >= 15 is 0 Å². The van der Waals surface area contributed by atoms with Crippen molar-refractivity contribution >= 4 is 17.7 Å². The molecule has 2 aromatic rings. The monoisotopic (exact) mass is 345 g/mol. The van der Waals surface area contributed by atoms with Crippen molar-refractivity contribution < 1.29 is 18.7 Å². The molecule has 7 heteroatoms. The van der Waals surface area contributed by atoms with E-state index in [0.29, 0.717) is 37.2 Å². The molecule has 132 valence electrons. The number of methoxy groups -OCH3 is 1. The number of esters is 1. The summed E-state index contributed by atoms with van der Waals surface area (Å²) in [5.74, 6) is -0.467. The Hall–Kier alpha value is -2.70. The summed E-state index contributed by atoms with van der Waals surface area (Å²) in [5, 5.41) is 7.01. The van der Waals surface area contributed by atoms with E-state index in [1.54, 1.807) is 24.4 Å². The van der Waals surface area contributed by atoms with Crippen LogP contribution in [-0.2, 0) is 14.3 Å². The lowest BCUT2D eigenvalue weighted by Crippen LogP contribution is -2.30. The van der Waals surface area contributed by atoms with E-state index in [1.165, 1.54) is 23.9 Å². The zero-order valence-electron chi connectivity index (χ0n) is 13.9. The first-order valence-corrected chi connectivity index (χ1v) is 8.27. The summed E-state index contributed by atoms with van der Waals surface area (Å²) < 4.78 is 19.7. The number of carbonyl (C=O) groups excluding carboxylic acids is 2. The topological polar surface area (TPSA) is 73.2 Å². The molecule has 1 amide bonds. The number of rotatable bonds is 4. The molecule has 0 aliphatic heterocycles. The van der Waals surface area contributed by atoms with Crippen molar-refractivity contribution in [3.63, 3.8) is 0 Å². The quantitative estimate of drug-likeness (QED) is 0.865. The van der Waals surface area contributed by atoms with Gasteiger partial charge in [0.2, 0.25) is 5.91 Å². The van der Waals surface area contributed by atoms with E-state index in [2.05, 4.69) is 10.4 Å². The van der Waals surface area contributed by atoms with Gasteiger partial charge in [-0.2, -0.15) is 5.10 Å². The molecule has 0 unspecified atom stereocenters. The number of carbonyl (C=O) groups is 2. The molecule has 1 aliphatic carbocycles. The first-order valence-electron chi connectivity index (χ1n) is 8.27. The van der Waals surface area contributed by atoms with Crippen LogP contribution in [0.2, 0.25) is 0 Å². The number of aromatic nitrogens is 2. The minimum absolute atomic E-state index is 0.110. The molecule has 0 atom stereocenters. The molecule has 1 aliphatic rings. The summed E-state index contributed by atoms with van der Waals surface area (Å²) in [6.07, 6.45) is 4.12. The smallest absolute Gasteiger partial charge is 0.308 e. The van der Waals surface area contributed by atoms with E-state index in [-0.39, 0.29) is 29.5 Å². The Morgan fingerprint density at radius 1 is 1.20 bits per heavy atom. The lowest BCUT2D eigenvalue weighted by molar-refractivity contribution is -0.147. The maximum Gasteiger partial charge on any atom is 0.308 e.